The third-order valence-electron chi connectivity index (χ3n) is 3.46. The maximum Gasteiger partial charge on any atom is 0.268 e. The Morgan fingerprint density at radius 1 is 1.35 bits per heavy atom. The van der Waals surface area contributed by atoms with Crippen molar-refractivity contribution in [1.82, 2.24) is 5.01 Å². The Balaban J connectivity index is 1.86. The Labute approximate surface area is 101 Å². The zero-order valence-corrected chi connectivity index (χ0v) is 10.3. The maximum atomic E-state index is 12.3. The van der Waals surface area contributed by atoms with E-state index >= 15 is 0 Å². The highest BCUT2D eigenvalue weighted by Crippen LogP contribution is 2.51. The molecule has 0 aromatic heterocycles. The second-order valence-electron chi connectivity index (χ2n) is 5.75. The van der Waals surface area contributed by atoms with Crippen molar-refractivity contribution < 1.29 is 4.79 Å². The van der Waals surface area contributed by atoms with Crippen molar-refractivity contribution in [3.63, 3.8) is 0 Å². The van der Waals surface area contributed by atoms with E-state index in [1.165, 1.54) is 16.2 Å². The fourth-order valence-corrected chi connectivity index (χ4v) is 2.28. The first-order chi connectivity index (χ1) is 7.89. The molecule has 3 nitrogen and oxygen atoms in total. The molecule has 3 aliphatic carbocycles. The van der Waals surface area contributed by atoms with Gasteiger partial charge in [0.05, 0.1) is 5.54 Å². The SMILES string of the molecule is CC(C)(C)N(N)C(=O)C1=CC=C2C1=CC1=CC12. The van der Waals surface area contributed by atoms with E-state index in [4.69, 9.17) is 5.84 Å². The van der Waals surface area contributed by atoms with Crippen LogP contribution in [0, 0.1) is 5.92 Å². The third-order valence-corrected chi connectivity index (χ3v) is 3.46. The van der Waals surface area contributed by atoms with Crippen LogP contribution in [0.15, 0.2) is 46.6 Å². The van der Waals surface area contributed by atoms with E-state index in [0.29, 0.717) is 5.92 Å². The summed E-state index contributed by atoms with van der Waals surface area (Å²) in [5.74, 6) is 6.26. The van der Waals surface area contributed by atoms with Crippen molar-refractivity contribution in [1.29, 1.82) is 0 Å². The number of carbonyl (C=O) groups is 1. The van der Waals surface area contributed by atoms with Crippen molar-refractivity contribution in [2.45, 2.75) is 26.3 Å². The minimum atomic E-state index is -0.359. The number of rotatable bonds is 1. The van der Waals surface area contributed by atoms with E-state index in [1.54, 1.807) is 0 Å². The first-order valence-electron chi connectivity index (χ1n) is 5.85. The predicted molar refractivity (Wildman–Crippen MR) is 66.6 cm³/mol. The lowest BCUT2D eigenvalue weighted by Crippen LogP contribution is -2.51. The smallest absolute Gasteiger partial charge is 0.268 e. The zero-order valence-electron chi connectivity index (χ0n) is 10.3. The summed E-state index contributed by atoms with van der Waals surface area (Å²) in [6.45, 7) is 5.79. The molecule has 1 atom stereocenters. The van der Waals surface area contributed by atoms with Crippen molar-refractivity contribution >= 4 is 5.91 Å². The number of carbonyl (C=O) groups excluding carboxylic acids is 1. The molecule has 2 N–H and O–H groups in total. The number of amides is 1. The number of hydrogen-bond acceptors (Lipinski definition) is 2. The molecular formula is C14H16N2O. The summed E-state index contributed by atoms with van der Waals surface area (Å²) in [5.41, 5.74) is 4.03. The summed E-state index contributed by atoms with van der Waals surface area (Å²) < 4.78 is 0. The summed E-state index contributed by atoms with van der Waals surface area (Å²) in [5, 5.41) is 1.31. The van der Waals surface area contributed by atoms with E-state index in [2.05, 4.69) is 12.2 Å². The third kappa shape index (κ3) is 1.42. The quantitative estimate of drug-likeness (QED) is 0.423. The van der Waals surface area contributed by atoms with Crippen molar-refractivity contribution in [3.8, 4) is 0 Å². The molecule has 3 aliphatic rings. The van der Waals surface area contributed by atoms with E-state index in [9.17, 15) is 4.79 Å². The van der Waals surface area contributed by atoms with Crippen LogP contribution in [-0.4, -0.2) is 16.5 Å². The van der Waals surface area contributed by atoms with Gasteiger partial charge >= 0.3 is 0 Å². The van der Waals surface area contributed by atoms with Gasteiger partial charge in [0, 0.05) is 11.5 Å². The van der Waals surface area contributed by atoms with Gasteiger partial charge in [-0.1, -0.05) is 12.2 Å². The minimum Gasteiger partial charge on any atom is -0.271 e. The minimum absolute atomic E-state index is 0.100. The molecule has 17 heavy (non-hydrogen) atoms. The fraction of sp³-hybridized carbons (Fsp3) is 0.357. The summed E-state index contributed by atoms with van der Waals surface area (Å²) in [6, 6.07) is 0. The standard InChI is InChI=1S/C14H16N2O/c1-14(2,3)16(15)13(17)10-5-4-9-11-6-8(11)7-12(9)10/h4-7,11H,15H2,1-3H3. The van der Waals surface area contributed by atoms with Crippen molar-refractivity contribution in [2.24, 2.45) is 11.8 Å². The lowest BCUT2D eigenvalue weighted by molar-refractivity contribution is -0.131. The Kier molecular flexibility index (Phi) is 1.85. The second-order valence-corrected chi connectivity index (χ2v) is 5.75. The molecule has 1 unspecified atom stereocenters. The van der Waals surface area contributed by atoms with Gasteiger partial charge in [-0.25, -0.2) is 5.84 Å². The Hall–Kier alpha value is -1.61. The molecule has 1 amide bonds. The zero-order chi connectivity index (χ0) is 12.4. The van der Waals surface area contributed by atoms with Crippen molar-refractivity contribution in [2.75, 3.05) is 0 Å². The van der Waals surface area contributed by atoms with Crippen LogP contribution >= 0.6 is 0 Å². The summed E-state index contributed by atoms with van der Waals surface area (Å²) >= 11 is 0. The molecule has 0 spiro atoms. The number of hydrogen-bond donors (Lipinski definition) is 1. The molecule has 0 bridgehead atoms. The monoisotopic (exact) mass is 228 g/mol. The van der Waals surface area contributed by atoms with Gasteiger partial charge in [-0.2, -0.15) is 0 Å². The number of nitrogens with zero attached hydrogens (tertiary/aromatic N) is 1. The van der Waals surface area contributed by atoms with Crippen LogP contribution < -0.4 is 5.84 Å². The summed E-state index contributed by atoms with van der Waals surface area (Å²) in [7, 11) is 0. The normalized spacial score (nSPS) is 24.4. The predicted octanol–water partition coefficient (Wildman–Crippen LogP) is 1.85. The molecule has 3 heteroatoms. The van der Waals surface area contributed by atoms with E-state index < -0.39 is 0 Å². The first kappa shape index (κ1) is 10.5. The molecule has 0 radical (unpaired) electrons. The molecule has 0 aromatic carbocycles. The van der Waals surface area contributed by atoms with Gasteiger partial charge in [-0.05, 0) is 49.6 Å². The Morgan fingerprint density at radius 3 is 2.71 bits per heavy atom. The van der Waals surface area contributed by atoms with Crippen LogP contribution in [0.2, 0.25) is 0 Å². The average molecular weight is 228 g/mol. The largest absolute Gasteiger partial charge is 0.271 e. The summed E-state index contributed by atoms with van der Waals surface area (Å²) in [4.78, 5) is 12.3. The van der Waals surface area contributed by atoms with Crippen LogP contribution in [0.4, 0.5) is 0 Å². The molecule has 0 fully saturated rings. The van der Waals surface area contributed by atoms with Gasteiger partial charge in [0.15, 0.2) is 0 Å². The maximum absolute atomic E-state index is 12.3. The van der Waals surface area contributed by atoms with Crippen molar-refractivity contribution in [3.05, 3.63) is 46.6 Å². The molecule has 0 heterocycles. The molecule has 0 saturated carbocycles. The lowest BCUT2D eigenvalue weighted by Gasteiger charge is -2.31. The van der Waals surface area contributed by atoms with Crippen LogP contribution in [0.25, 0.3) is 0 Å². The molecule has 88 valence electrons. The number of allylic oxidation sites excluding steroid dienone is 6. The highest BCUT2D eigenvalue weighted by atomic mass is 16.2. The molecule has 0 aromatic rings. The van der Waals surface area contributed by atoms with Crippen LogP contribution in [0.3, 0.4) is 0 Å². The van der Waals surface area contributed by atoms with E-state index in [0.717, 1.165) is 11.1 Å². The Bertz CT molecular complexity index is 541. The van der Waals surface area contributed by atoms with Gasteiger partial charge in [-0.3, -0.25) is 9.80 Å². The molecule has 0 aliphatic heterocycles. The van der Waals surface area contributed by atoms with Gasteiger partial charge in [-0.15, -0.1) is 0 Å². The molecule has 3 rings (SSSR count). The van der Waals surface area contributed by atoms with Crippen LogP contribution in [0.1, 0.15) is 20.8 Å². The number of fused-ring (bicyclic) bond motifs is 3. The van der Waals surface area contributed by atoms with Gasteiger partial charge in [0.25, 0.3) is 5.91 Å². The number of hydrazine groups is 1. The fourth-order valence-electron chi connectivity index (χ4n) is 2.28. The highest BCUT2D eigenvalue weighted by molar-refractivity contribution is 6.02. The molecule has 0 saturated heterocycles. The van der Waals surface area contributed by atoms with Gasteiger partial charge in [0.1, 0.15) is 0 Å². The second kappa shape index (κ2) is 2.99. The summed E-state index contributed by atoms with van der Waals surface area (Å²) in [6.07, 6.45) is 8.24. The lowest BCUT2D eigenvalue weighted by atomic mass is 10.0. The Morgan fingerprint density at radius 2 is 2.06 bits per heavy atom. The van der Waals surface area contributed by atoms with Gasteiger partial charge in [0.2, 0.25) is 0 Å². The number of nitrogens with two attached hydrogens (primary N) is 1. The first-order valence-corrected chi connectivity index (χ1v) is 5.85. The topological polar surface area (TPSA) is 46.3 Å². The van der Waals surface area contributed by atoms with Crippen LogP contribution in [0.5, 0.6) is 0 Å². The van der Waals surface area contributed by atoms with Gasteiger partial charge < -0.3 is 0 Å². The van der Waals surface area contributed by atoms with E-state index in [1.807, 2.05) is 32.9 Å². The average Bonchev–Trinajstić information content (AvgIpc) is 2.72. The van der Waals surface area contributed by atoms with E-state index in [-0.39, 0.29) is 11.4 Å². The highest BCUT2D eigenvalue weighted by Gasteiger charge is 2.40. The van der Waals surface area contributed by atoms with Crippen LogP contribution in [-0.2, 0) is 4.79 Å². The molecular weight excluding hydrogens is 212 g/mol.